The van der Waals surface area contributed by atoms with Crippen molar-refractivity contribution in [2.75, 3.05) is 37.0 Å². The first-order chi connectivity index (χ1) is 13.8. The lowest BCUT2D eigenvalue weighted by Gasteiger charge is -2.27. The van der Waals surface area contributed by atoms with Crippen LogP contribution in [-0.4, -0.2) is 57.6 Å². The van der Waals surface area contributed by atoms with E-state index in [-0.39, 0.29) is 24.6 Å². The normalized spacial score (nSPS) is 14.0. The van der Waals surface area contributed by atoms with Crippen molar-refractivity contribution in [2.24, 2.45) is 0 Å². The molecule has 10 heteroatoms. The van der Waals surface area contributed by atoms with Gasteiger partial charge in [0, 0.05) is 38.4 Å². The van der Waals surface area contributed by atoms with Crippen LogP contribution in [0, 0.1) is 13.8 Å². The molecule has 0 aliphatic carbocycles. The zero-order chi connectivity index (χ0) is 21.0. The maximum Gasteiger partial charge on any atom is 0.256 e. The van der Waals surface area contributed by atoms with Gasteiger partial charge in [0.2, 0.25) is 17.8 Å². The van der Waals surface area contributed by atoms with Crippen LogP contribution in [0.5, 0.6) is 0 Å². The molecule has 10 nitrogen and oxygen atoms in total. The summed E-state index contributed by atoms with van der Waals surface area (Å²) in [6, 6.07) is 0. The van der Waals surface area contributed by atoms with Gasteiger partial charge in [0.1, 0.15) is 6.54 Å². The lowest BCUT2D eigenvalue weighted by Crippen LogP contribution is -2.34. The molecule has 2 aromatic heterocycles. The third kappa shape index (κ3) is 5.07. The van der Waals surface area contributed by atoms with E-state index >= 15 is 0 Å². The van der Waals surface area contributed by atoms with Crippen molar-refractivity contribution in [3.63, 3.8) is 0 Å². The van der Waals surface area contributed by atoms with Crippen LogP contribution in [-0.2, 0) is 17.9 Å². The first-order valence-corrected chi connectivity index (χ1v) is 9.81. The van der Waals surface area contributed by atoms with E-state index in [0.29, 0.717) is 29.0 Å². The second-order valence-corrected chi connectivity index (χ2v) is 7.46. The second kappa shape index (κ2) is 8.97. The quantitative estimate of drug-likeness (QED) is 0.743. The number of piperidine rings is 1. The summed E-state index contributed by atoms with van der Waals surface area (Å²) < 4.78 is 1.30. The van der Waals surface area contributed by atoms with Crippen molar-refractivity contribution in [1.82, 2.24) is 29.8 Å². The van der Waals surface area contributed by atoms with Gasteiger partial charge in [-0.25, -0.2) is 4.98 Å². The average molecular weight is 400 g/mol. The van der Waals surface area contributed by atoms with Crippen LogP contribution in [0.2, 0.25) is 0 Å². The molecule has 0 atom stereocenters. The van der Waals surface area contributed by atoms with Crippen molar-refractivity contribution in [1.29, 1.82) is 0 Å². The number of carbonyl (C=O) groups is 1. The Morgan fingerprint density at radius 2 is 1.86 bits per heavy atom. The number of aryl methyl sites for hydroxylation is 1. The molecule has 0 spiro atoms. The molecule has 1 amide bonds. The molecule has 0 saturated carbocycles. The van der Waals surface area contributed by atoms with Gasteiger partial charge in [0.15, 0.2) is 5.82 Å². The van der Waals surface area contributed by atoms with Crippen LogP contribution >= 0.6 is 0 Å². The number of hydrogen-bond acceptors (Lipinski definition) is 8. The van der Waals surface area contributed by atoms with Crippen molar-refractivity contribution >= 4 is 17.8 Å². The van der Waals surface area contributed by atoms with Crippen LogP contribution in [0.4, 0.5) is 11.9 Å². The van der Waals surface area contributed by atoms with Crippen molar-refractivity contribution in [2.45, 2.75) is 46.2 Å². The Hall–Kier alpha value is -3.04. The van der Waals surface area contributed by atoms with Crippen molar-refractivity contribution in [3.05, 3.63) is 33.8 Å². The van der Waals surface area contributed by atoms with E-state index in [0.717, 1.165) is 25.9 Å². The third-order valence-electron chi connectivity index (χ3n) is 4.97. The summed E-state index contributed by atoms with van der Waals surface area (Å²) in [4.78, 5) is 46.2. The highest BCUT2D eigenvalue weighted by Crippen LogP contribution is 2.17. The van der Waals surface area contributed by atoms with E-state index in [2.05, 4.69) is 30.2 Å². The molecule has 3 heterocycles. The fourth-order valence-corrected chi connectivity index (χ4v) is 3.09. The van der Waals surface area contributed by atoms with Gasteiger partial charge in [-0.05, 0) is 33.1 Å². The number of anilines is 2. The van der Waals surface area contributed by atoms with Crippen molar-refractivity contribution < 1.29 is 4.79 Å². The van der Waals surface area contributed by atoms with Crippen LogP contribution in [0.3, 0.4) is 0 Å². The zero-order valence-electron chi connectivity index (χ0n) is 17.5. The maximum atomic E-state index is 12.3. The van der Waals surface area contributed by atoms with E-state index in [1.165, 1.54) is 17.3 Å². The lowest BCUT2D eigenvalue weighted by molar-refractivity contribution is -0.121. The summed E-state index contributed by atoms with van der Waals surface area (Å²) in [6.45, 7) is 5.38. The molecular formula is C19H28N8O2. The van der Waals surface area contributed by atoms with E-state index in [1.54, 1.807) is 13.8 Å². The predicted molar refractivity (Wildman–Crippen MR) is 110 cm³/mol. The summed E-state index contributed by atoms with van der Waals surface area (Å²) in [5.41, 5.74) is 0.993. The first kappa shape index (κ1) is 20.7. The van der Waals surface area contributed by atoms with Gasteiger partial charge >= 0.3 is 0 Å². The van der Waals surface area contributed by atoms with Crippen LogP contribution in [0.15, 0.2) is 11.1 Å². The number of aromatic nitrogens is 5. The minimum Gasteiger partial charge on any atom is -0.347 e. The molecule has 0 bridgehead atoms. The third-order valence-corrected chi connectivity index (χ3v) is 4.97. The lowest BCUT2D eigenvalue weighted by atomic mass is 10.1. The van der Waals surface area contributed by atoms with Gasteiger partial charge in [0.25, 0.3) is 5.56 Å². The molecule has 29 heavy (non-hydrogen) atoms. The molecule has 0 radical (unpaired) electrons. The number of amides is 1. The Labute approximate surface area is 170 Å². The van der Waals surface area contributed by atoms with Gasteiger partial charge in [-0.3, -0.25) is 14.2 Å². The molecule has 3 rings (SSSR count). The highest BCUT2D eigenvalue weighted by molar-refractivity contribution is 5.75. The van der Waals surface area contributed by atoms with E-state index < -0.39 is 0 Å². The molecule has 156 valence electrons. The minimum atomic E-state index is -0.302. The topological polar surface area (TPSA) is 109 Å². The average Bonchev–Trinajstić information content (AvgIpc) is 2.73. The molecule has 1 N–H and O–H groups in total. The van der Waals surface area contributed by atoms with Crippen LogP contribution < -0.4 is 20.7 Å². The number of carbonyl (C=O) groups excluding carboxylic acids is 1. The first-order valence-electron chi connectivity index (χ1n) is 9.81. The van der Waals surface area contributed by atoms with E-state index in [1.807, 2.05) is 19.0 Å². The van der Waals surface area contributed by atoms with Gasteiger partial charge < -0.3 is 15.1 Å². The molecule has 1 fully saturated rings. The number of rotatable bonds is 6. The minimum absolute atomic E-state index is 0.0996. The van der Waals surface area contributed by atoms with Crippen molar-refractivity contribution in [3.8, 4) is 0 Å². The zero-order valence-corrected chi connectivity index (χ0v) is 17.5. The molecular weight excluding hydrogens is 372 g/mol. The summed E-state index contributed by atoms with van der Waals surface area (Å²) in [6.07, 6.45) is 4.85. The number of nitrogens with zero attached hydrogens (tertiary/aromatic N) is 7. The predicted octanol–water partition coefficient (Wildman–Crippen LogP) is 0.418. The highest BCUT2D eigenvalue weighted by atomic mass is 16.2. The smallest absolute Gasteiger partial charge is 0.256 e. The fourth-order valence-electron chi connectivity index (χ4n) is 3.09. The summed E-state index contributed by atoms with van der Waals surface area (Å²) in [5, 5.41) is 2.79. The monoisotopic (exact) mass is 400 g/mol. The summed E-state index contributed by atoms with van der Waals surface area (Å²) in [5.74, 6) is 1.38. The molecule has 0 unspecified atom stereocenters. The Balaban J connectivity index is 1.70. The largest absolute Gasteiger partial charge is 0.347 e. The van der Waals surface area contributed by atoms with Gasteiger partial charge in [0.05, 0.1) is 12.9 Å². The van der Waals surface area contributed by atoms with E-state index in [4.69, 9.17) is 0 Å². The highest BCUT2D eigenvalue weighted by Gasteiger charge is 2.17. The molecule has 1 aliphatic rings. The Kier molecular flexibility index (Phi) is 6.40. The fraction of sp³-hybridized carbons (Fsp3) is 0.579. The molecule has 2 aromatic rings. The Morgan fingerprint density at radius 1 is 1.14 bits per heavy atom. The standard InChI is InChI=1S/C19H28N8O2/c1-13-14(2)21-12-27(17(13)29)11-16(28)20-10-15-22-18(25(3)4)24-19(23-15)26-8-6-5-7-9-26/h12H,5-11H2,1-4H3,(H,20,28). The SMILES string of the molecule is Cc1ncn(CC(=O)NCc2nc(N(C)C)nc(N3CCCCC3)n2)c(=O)c1C. The number of nitrogens with one attached hydrogen (secondary N) is 1. The molecule has 0 aromatic carbocycles. The van der Waals surface area contributed by atoms with Crippen LogP contribution in [0.25, 0.3) is 0 Å². The van der Waals surface area contributed by atoms with Gasteiger partial charge in [-0.15, -0.1) is 0 Å². The maximum absolute atomic E-state index is 12.3. The second-order valence-electron chi connectivity index (χ2n) is 7.46. The van der Waals surface area contributed by atoms with Crippen LogP contribution in [0.1, 0.15) is 36.3 Å². The number of hydrogen-bond donors (Lipinski definition) is 1. The van der Waals surface area contributed by atoms with E-state index in [9.17, 15) is 9.59 Å². The summed E-state index contributed by atoms with van der Waals surface area (Å²) >= 11 is 0. The Bertz CT molecular complexity index is 934. The summed E-state index contributed by atoms with van der Waals surface area (Å²) in [7, 11) is 3.74. The van der Waals surface area contributed by atoms with Gasteiger partial charge in [-0.1, -0.05) is 0 Å². The molecule has 1 aliphatic heterocycles. The van der Waals surface area contributed by atoms with Gasteiger partial charge in [-0.2, -0.15) is 15.0 Å². The molecule has 1 saturated heterocycles. The Morgan fingerprint density at radius 3 is 2.55 bits per heavy atom.